The maximum atomic E-state index is 6.00. The van der Waals surface area contributed by atoms with Crippen molar-refractivity contribution in [2.24, 2.45) is 4.99 Å². The largest absolute Gasteiger partial charge is 0.356 e. The van der Waals surface area contributed by atoms with Crippen LogP contribution in [0.4, 0.5) is 0 Å². The van der Waals surface area contributed by atoms with Gasteiger partial charge in [-0.05, 0) is 24.1 Å². The molecule has 0 radical (unpaired) electrons. The van der Waals surface area contributed by atoms with Crippen molar-refractivity contribution in [2.45, 2.75) is 19.9 Å². The summed E-state index contributed by atoms with van der Waals surface area (Å²) in [7, 11) is 3.77. The van der Waals surface area contributed by atoms with Gasteiger partial charge in [-0.3, -0.25) is 4.99 Å². The molecule has 3 nitrogen and oxygen atoms in total. The van der Waals surface area contributed by atoms with Crippen molar-refractivity contribution in [1.82, 2.24) is 10.2 Å². The average Bonchev–Trinajstić information content (AvgIpc) is 2.35. The Bertz CT molecular complexity index is 419. The number of hydrogen-bond donors (Lipinski definition) is 1. The van der Waals surface area contributed by atoms with E-state index < -0.39 is 0 Å². The van der Waals surface area contributed by atoms with Gasteiger partial charge >= 0.3 is 0 Å². The normalized spacial score (nSPS) is 11.5. The van der Waals surface area contributed by atoms with Crippen molar-refractivity contribution in [3.8, 4) is 0 Å². The van der Waals surface area contributed by atoms with Crippen molar-refractivity contribution >= 4 is 29.2 Å². The Hall–Kier alpha value is -0.930. The zero-order chi connectivity index (χ0) is 13.5. The van der Waals surface area contributed by atoms with Crippen molar-refractivity contribution in [3.63, 3.8) is 0 Å². The Labute approximate surface area is 119 Å². The second-order valence-corrected chi connectivity index (χ2v) is 4.89. The zero-order valence-corrected chi connectivity index (χ0v) is 12.5. The van der Waals surface area contributed by atoms with Gasteiger partial charge in [-0.15, -0.1) is 0 Å². The van der Waals surface area contributed by atoms with E-state index in [2.05, 4.69) is 22.1 Å². The summed E-state index contributed by atoms with van der Waals surface area (Å²) in [5, 5.41) is 4.44. The van der Waals surface area contributed by atoms with E-state index in [4.69, 9.17) is 23.2 Å². The lowest BCUT2D eigenvalue weighted by atomic mass is 10.2. The highest BCUT2D eigenvalue weighted by Crippen LogP contribution is 2.23. The molecule has 1 aromatic carbocycles. The van der Waals surface area contributed by atoms with Crippen LogP contribution in [0.15, 0.2) is 23.2 Å². The first kappa shape index (κ1) is 15.1. The third kappa shape index (κ3) is 4.39. The number of halogens is 2. The molecule has 0 saturated heterocycles. The molecule has 0 amide bonds. The van der Waals surface area contributed by atoms with E-state index in [1.807, 2.05) is 25.2 Å². The molecule has 0 bridgehead atoms. The number of aliphatic imine (C=N–C) groups is 1. The fraction of sp³-hybridized carbons (Fsp3) is 0.462. The Balaban J connectivity index is 2.67. The first-order chi connectivity index (χ1) is 8.58. The Morgan fingerprint density at radius 2 is 2.06 bits per heavy atom. The average molecular weight is 288 g/mol. The van der Waals surface area contributed by atoms with Crippen molar-refractivity contribution in [2.75, 3.05) is 20.6 Å². The van der Waals surface area contributed by atoms with Crippen LogP contribution >= 0.6 is 23.2 Å². The highest BCUT2D eigenvalue weighted by atomic mass is 35.5. The molecule has 100 valence electrons. The number of benzene rings is 1. The minimum absolute atomic E-state index is 0.580. The summed E-state index contributed by atoms with van der Waals surface area (Å²) in [5.41, 5.74) is 1.10. The van der Waals surface area contributed by atoms with E-state index >= 15 is 0 Å². The van der Waals surface area contributed by atoms with Crippen LogP contribution in [0.25, 0.3) is 0 Å². The lowest BCUT2D eigenvalue weighted by molar-refractivity contribution is 0.477. The molecule has 0 unspecified atom stereocenters. The van der Waals surface area contributed by atoms with E-state index in [0.29, 0.717) is 10.0 Å². The summed E-state index contributed by atoms with van der Waals surface area (Å²) in [5.74, 6) is 0.878. The highest BCUT2D eigenvalue weighted by Gasteiger charge is 2.07. The van der Waals surface area contributed by atoms with Crippen LogP contribution in [-0.4, -0.2) is 31.5 Å². The quantitative estimate of drug-likeness (QED) is 0.679. The summed E-state index contributed by atoms with van der Waals surface area (Å²) in [6.07, 6.45) is 1.07. The molecule has 0 aliphatic heterocycles. The molecule has 0 aliphatic rings. The van der Waals surface area contributed by atoms with Crippen LogP contribution < -0.4 is 5.32 Å². The number of rotatable bonds is 4. The van der Waals surface area contributed by atoms with Gasteiger partial charge in [0.1, 0.15) is 0 Å². The molecule has 0 spiro atoms. The van der Waals surface area contributed by atoms with Gasteiger partial charge in [0.2, 0.25) is 0 Å². The summed E-state index contributed by atoms with van der Waals surface area (Å²) in [6, 6.07) is 5.67. The Kier molecular flexibility index (Phi) is 6.30. The number of nitrogens with zero attached hydrogens (tertiary/aromatic N) is 2. The molecular formula is C13H19Cl2N3. The molecule has 0 aliphatic carbocycles. The molecule has 18 heavy (non-hydrogen) atoms. The number of nitrogens with one attached hydrogen (secondary N) is 1. The van der Waals surface area contributed by atoms with Gasteiger partial charge in [0.25, 0.3) is 0 Å². The minimum Gasteiger partial charge on any atom is -0.356 e. The summed E-state index contributed by atoms with van der Waals surface area (Å²) >= 11 is 11.9. The molecule has 0 fully saturated rings. The lowest BCUT2D eigenvalue weighted by Crippen LogP contribution is -2.38. The Morgan fingerprint density at radius 3 is 2.61 bits per heavy atom. The SMILES string of the molecule is CCCNC(=NC)N(C)Cc1ccc(Cl)c(Cl)c1. The summed E-state index contributed by atoms with van der Waals surface area (Å²) in [6.45, 7) is 3.78. The highest BCUT2D eigenvalue weighted by molar-refractivity contribution is 6.42. The fourth-order valence-electron chi connectivity index (χ4n) is 1.61. The van der Waals surface area contributed by atoms with Gasteiger partial charge in [-0.1, -0.05) is 36.2 Å². The van der Waals surface area contributed by atoms with Crippen molar-refractivity contribution in [1.29, 1.82) is 0 Å². The second kappa shape index (κ2) is 7.49. The minimum atomic E-state index is 0.580. The first-order valence-electron chi connectivity index (χ1n) is 5.94. The van der Waals surface area contributed by atoms with Crippen LogP contribution in [0.5, 0.6) is 0 Å². The predicted octanol–water partition coefficient (Wildman–Crippen LogP) is 3.41. The van der Waals surface area contributed by atoms with Crippen LogP contribution in [0.1, 0.15) is 18.9 Å². The van der Waals surface area contributed by atoms with E-state index in [-0.39, 0.29) is 0 Å². The van der Waals surface area contributed by atoms with Gasteiger partial charge in [0, 0.05) is 27.2 Å². The van der Waals surface area contributed by atoms with E-state index in [1.54, 1.807) is 7.05 Å². The molecule has 0 saturated carbocycles. The Morgan fingerprint density at radius 1 is 1.33 bits per heavy atom. The van der Waals surface area contributed by atoms with Crippen molar-refractivity contribution in [3.05, 3.63) is 33.8 Å². The maximum Gasteiger partial charge on any atom is 0.193 e. The molecule has 0 heterocycles. The molecule has 0 atom stereocenters. The van der Waals surface area contributed by atoms with Gasteiger partial charge < -0.3 is 10.2 Å². The monoisotopic (exact) mass is 287 g/mol. The van der Waals surface area contributed by atoms with Crippen LogP contribution in [0.3, 0.4) is 0 Å². The second-order valence-electron chi connectivity index (χ2n) is 4.08. The molecular weight excluding hydrogens is 269 g/mol. The van der Waals surface area contributed by atoms with E-state index in [9.17, 15) is 0 Å². The summed E-state index contributed by atoms with van der Waals surface area (Å²) in [4.78, 5) is 6.28. The molecule has 5 heteroatoms. The third-order valence-electron chi connectivity index (χ3n) is 2.51. The maximum absolute atomic E-state index is 6.00. The van der Waals surface area contributed by atoms with Gasteiger partial charge in [0.05, 0.1) is 10.0 Å². The topological polar surface area (TPSA) is 27.6 Å². The number of hydrogen-bond acceptors (Lipinski definition) is 1. The van der Waals surface area contributed by atoms with Crippen LogP contribution in [0, 0.1) is 0 Å². The first-order valence-corrected chi connectivity index (χ1v) is 6.69. The predicted molar refractivity (Wildman–Crippen MR) is 79.6 cm³/mol. The van der Waals surface area contributed by atoms with Crippen LogP contribution in [0.2, 0.25) is 10.0 Å². The fourth-order valence-corrected chi connectivity index (χ4v) is 1.93. The van der Waals surface area contributed by atoms with Gasteiger partial charge in [-0.25, -0.2) is 0 Å². The van der Waals surface area contributed by atoms with Gasteiger partial charge in [-0.2, -0.15) is 0 Å². The van der Waals surface area contributed by atoms with Gasteiger partial charge in [0.15, 0.2) is 5.96 Å². The molecule has 0 aromatic heterocycles. The number of guanidine groups is 1. The standard InChI is InChI=1S/C13H19Cl2N3/c1-4-7-17-13(16-2)18(3)9-10-5-6-11(14)12(15)8-10/h5-6,8H,4,7,9H2,1-3H3,(H,16,17). The lowest BCUT2D eigenvalue weighted by Gasteiger charge is -2.22. The molecule has 1 aromatic rings. The third-order valence-corrected chi connectivity index (χ3v) is 3.25. The van der Waals surface area contributed by atoms with Crippen molar-refractivity contribution < 1.29 is 0 Å². The zero-order valence-electron chi connectivity index (χ0n) is 11.0. The summed E-state index contributed by atoms with van der Waals surface area (Å²) < 4.78 is 0. The van der Waals surface area contributed by atoms with Crippen LogP contribution in [-0.2, 0) is 6.54 Å². The molecule has 1 rings (SSSR count). The molecule has 1 N–H and O–H groups in total. The smallest absolute Gasteiger partial charge is 0.193 e. The van der Waals surface area contributed by atoms with E-state index in [1.165, 1.54) is 0 Å². The van der Waals surface area contributed by atoms with E-state index in [0.717, 1.165) is 31.0 Å².